The van der Waals surface area contributed by atoms with Crippen molar-refractivity contribution in [1.29, 1.82) is 0 Å². The molecule has 8 heteroatoms. The minimum Gasteiger partial charge on any atom is -0.491 e. The first-order valence-electron chi connectivity index (χ1n) is 13.0. The number of para-hydroxylation sites is 2. The summed E-state index contributed by atoms with van der Waals surface area (Å²) in [6.45, 7) is 5.90. The van der Waals surface area contributed by atoms with E-state index in [0.717, 1.165) is 83.5 Å². The number of imidazole rings is 1. The average molecular weight is 506 g/mol. The molecule has 0 spiro atoms. The Kier molecular flexibility index (Phi) is 6.97. The molecule has 2 N–H and O–H groups in total. The van der Waals surface area contributed by atoms with Crippen molar-refractivity contribution in [2.24, 2.45) is 0 Å². The third-order valence-corrected chi connectivity index (χ3v) is 6.92. The van der Waals surface area contributed by atoms with Gasteiger partial charge in [-0.05, 0) is 49.5 Å². The van der Waals surface area contributed by atoms with Gasteiger partial charge in [-0.15, -0.1) is 0 Å². The molecule has 2 aromatic heterocycles. The van der Waals surface area contributed by atoms with Crippen LogP contribution in [0.2, 0.25) is 0 Å². The SMILES string of the molecule is CN1CCN(CCOc2ccc(Nc3ccc(-c4cnccn4)cc3)cc2-c2nc3ccccc3[nH]2)CC1. The van der Waals surface area contributed by atoms with Crippen LogP contribution in [0, 0.1) is 0 Å². The lowest BCUT2D eigenvalue weighted by atomic mass is 10.1. The summed E-state index contributed by atoms with van der Waals surface area (Å²) in [5.74, 6) is 1.61. The maximum atomic E-state index is 6.33. The summed E-state index contributed by atoms with van der Waals surface area (Å²) in [4.78, 5) is 21.7. The highest BCUT2D eigenvalue weighted by molar-refractivity contribution is 5.82. The van der Waals surface area contributed by atoms with Crippen molar-refractivity contribution in [2.75, 3.05) is 51.7 Å². The quantitative estimate of drug-likeness (QED) is 0.305. The number of piperazine rings is 1. The third kappa shape index (κ3) is 5.51. The smallest absolute Gasteiger partial charge is 0.142 e. The number of hydrogen-bond acceptors (Lipinski definition) is 7. The molecule has 1 saturated heterocycles. The van der Waals surface area contributed by atoms with Gasteiger partial charge in [-0.3, -0.25) is 14.9 Å². The molecule has 192 valence electrons. The lowest BCUT2D eigenvalue weighted by Gasteiger charge is -2.32. The monoisotopic (exact) mass is 505 g/mol. The van der Waals surface area contributed by atoms with E-state index in [1.54, 1.807) is 18.6 Å². The van der Waals surface area contributed by atoms with E-state index in [9.17, 15) is 0 Å². The number of aromatic nitrogens is 4. The largest absolute Gasteiger partial charge is 0.491 e. The average Bonchev–Trinajstić information content (AvgIpc) is 3.40. The number of ether oxygens (including phenoxy) is 1. The van der Waals surface area contributed by atoms with E-state index in [-0.39, 0.29) is 0 Å². The molecular formula is C30H31N7O. The summed E-state index contributed by atoms with van der Waals surface area (Å²) in [5.41, 5.74) is 6.68. The number of rotatable bonds is 8. The molecule has 5 aromatic rings. The minimum atomic E-state index is 0.632. The molecule has 1 fully saturated rings. The Hall–Kier alpha value is -4.27. The lowest BCUT2D eigenvalue weighted by Crippen LogP contribution is -2.45. The van der Waals surface area contributed by atoms with Gasteiger partial charge in [-0.2, -0.15) is 0 Å². The van der Waals surface area contributed by atoms with Crippen LogP contribution in [0.15, 0.2) is 85.3 Å². The van der Waals surface area contributed by atoms with Gasteiger partial charge in [0.05, 0.1) is 28.5 Å². The van der Waals surface area contributed by atoms with Gasteiger partial charge in [-0.1, -0.05) is 24.3 Å². The van der Waals surface area contributed by atoms with Crippen molar-refractivity contribution in [3.05, 3.63) is 85.3 Å². The molecule has 0 aliphatic carbocycles. The Balaban J connectivity index is 1.23. The maximum absolute atomic E-state index is 6.33. The van der Waals surface area contributed by atoms with E-state index in [0.29, 0.717) is 6.61 Å². The van der Waals surface area contributed by atoms with Gasteiger partial charge in [-0.25, -0.2) is 4.98 Å². The first-order valence-corrected chi connectivity index (χ1v) is 13.0. The molecule has 3 heterocycles. The Morgan fingerprint density at radius 3 is 2.53 bits per heavy atom. The number of aromatic amines is 1. The van der Waals surface area contributed by atoms with Gasteiger partial charge >= 0.3 is 0 Å². The first kappa shape index (κ1) is 24.1. The molecular weight excluding hydrogens is 474 g/mol. The summed E-state index contributed by atoms with van der Waals surface area (Å²) >= 11 is 0. The number of benzene rings is 3. The molecule has 0 bridgehead atoms. The fourth-order valence-corrected chi connectivity index (χ4v) is 4.69. The molecule has 0 unspecified atom stereocenters. The number of anilines is 2. The Morgan fingerprint density at radius 1 is 0.921 bits per heavy atom. The van der Waals surface area contributed by atoms with Gasteiger partial charge in [0, 0.05) is 62.1 Å². The molecule has 0 radical (unpaired) electrons. The van der Waals surface area contributed by atoms with E-state index in [1.807, 2.05) is 60.7 Å². The van der Waals surface area contributed by atoms with Crippen LogP contribution in [0.1, 0.15) is 0 Å². The van der Waals surface area contributed by atoms with E-state index in [2.05, 4.69) is 43.2 Å². The fraction of sp³-hybridized carbons (Fsp3) is 0.233. The predicted molar refractivity (Wildman–Crippen MR) is 152 cm³/mol. The normalized spacial score (nSPS) is 14.6. The maximum Gasteiger partial charge on any atom is 0.142 e. The fourth-order valence-electron chi connectivity index (χ4n) is 4.69. The molecule has 3 aromatic carbocycles. The standard InChI is InChI=1S/C30H31N7O/c1-36-14-16-37(17-15-36)18-19-38-29-11-10-24(20-25(29)30-34-26-4-2-3-5-27(26)35-30)33-23-8-6-22(7-9-23)28-21-31-12-13-32-28/h2-13,20-21,33H,14-19H2,1H3,(H,34,35). The van der Waals surface area contributed by atoms with Gasteiger partial charge in [0.25, 0.3) is 0 Å². The van der Waals surface area contributed by atoms with E-state index >= 15 is 0 Å². The molecule has 38 heavy (non-hydrogen) atoms. The van der Waals surface area contributed by atoms with Crippen LogP contribution < -0.4 is 10.1 Å². The zero-order valence-electron chi connectivity index (χ0n) is 21.5. The summed E-state index contributed by atoms with van der Waals surface area (Å²) in [6.07, 6.45) is 5.15. The topological polar surface area (TPSA) is 82.2 Å². The summed E-state index contributed by atoms with van der Waals surface area (Å²) in [7, 11) is 2.18. The number of nitrogens with one attached hydrogen (secondary N) is 2. The molecule has 0 saturated carbocycles. The van der Waals surface area contributed by atoms with Crippen LogP contribution in [0.5, 0.6) is 5.75 Å². The Morgan fingerprint density at radius 2 is 1.74 bits per heavy atom. The van der Waals surface area contributed by atoms with Crippen molar-refractivity contribution in [3.8, 4) is 28.4 Å². The van der Waals surface area contributed by atoms with Gasteiger partial charge < -0.3 is 19.9 Å². The number of hydrogen-bond donors (Lipinski definition) is 2. The minimum absolute atomic E-state index is 0.632. The van der Waals surface area contributed by atoms with Crippen LogP contribution in [0.4, 0.5) is 11.4 Å². The third-order valence-electron chi connectivity index (χ3n) is 6.92. The van der Waals surface area contributed by atoms with Crippen LogP contribution in [-0.2, 0) is 0 Å². The molecule has 1 aliphatic rings. The highest BCUT2D eigenvalue weighted by Crippen LogP contribution is 2.33. The summed E-state index contributed by atoms with van der Waals surface area (Å²) in [5, 5.41) is 3.52. The second kappa shape index (κ2) is 11.0. The number of likely N-dealkylation sites (N-methyl/N-ethyl adjacent to an activating group) is 1. The van der Waals surface area contributed by atoms with Gasteiger partial charge in [0.15, 0.2) is 0 Å². The summed E-state index contributed by atoms with van der Waals surface area (Å²) in [6, 6.07) is 22.4. The van der Waals surface area contributed by atoms with Crippen molar-refractivity contribution in [3.63, 3.8) is 0 Å². The molecule has 1 aliphatic heterocycles. The molecule has 6 rings (SSSR count). The zero-order valence-corrected chi connectivity index (χ0v) is 21.5. The first-order chi connectivity index (χ1) is 18.7. The van der Waals surface area contributed by atoms with Crippen molar-refractivity contribution in [1.82, 2.24) is 29.7 Å². The lowest BCUT2D eigenvalue weighted by molar-refractivity contribution is 0.134. The van der Waals surface area contributed by atoms with E-state index in [4.69, 9.17) is 9.72 Å². The van der Waals surface area contributed by atoms with Crippen LogP contribution in [0.25, 0.3) is 33.7 Å². The molecule has 8 nitrogen and oxygen atoms in total. The van der Waals surface area contributed by atoms with Crippen LogP contribution in [-0.4, -0.2) is 76.1 Å². The highest BCUT2D eigenvalue weighted by Gasteiger charge is 2.16. The number of H-pyrrole nitrogens is 1. The van der Waals surface area contributed by atoms with E-state index in [1.165, 1.54) is 0 Å². The molecule has 0 amide bonds. The van der Waals surface area contributed by atoms with Crippen molar-refractivity contribution >= 4 is 22.4 Å². The number of nitrogens with zero attached hydrogens (tertiary/aromatic N) is 5. The molecule has 0 atom stereocenters. The predicted octanol–water partition coefficient (Wildman–Crippen LogP) is 5.06. The Bertz CT molecular complexity index is 1460. The Labute approximate surface area is 222 Å². The van der Waals surface area contributed by atoms with Crippen LogP contribution >= 0.6 is 0 Å². The number of fused-ring (bicyclic) bond motifs is 1. The van der Waals surface area contributed by atoms with Gasteiger partial charge in [0.1, 0.15) is 18.2 Å². The second-order valence-electron chi connectivity index (χ2n) is 9.60. The van der Waals surface area contributed by atoms with Crippen LogP contribution in [0.3, 0.4) is 0 Å². The highest BCUT2D eigenvalue weighted by atomic mass is 16.5. The van der Waals surface area contributed by atoms with Gasteiger partial charge in [0.2, 0.25) is 0 Å². The zero-order chi connectivity index (χ0) is 25.7. The van der Waals surface area contributed by atoms with Crippen molar-refractivity contribution in [2.45, 2.75) is 0 Å². The summed E-state index contributed by atoms with van der Waals surface area (Å²) < 4.78 is 6.33. The van der Waals surface area contributed by atoms with Crippen molar-refractivity contribution < 1.29 is 4.74 Å². The van der Waals surface area contributed by atoms with E-state index < -0.39 is 0 Å². The second-order valence-corrected chi connectivity index (χ2v) is 9.60.